The van der Waals surface area contributed by atoms with Crippen LogP contribution in [0.4, 0.5) is 0 Å². The van der Waals surface area contributed by atoms with Crippen molar-refractivity contribution in [1.29, 1.82) is 0 Å². The highest BCUT2D eigenvalue weighted by Gasteiger charge is 2.21. The molecule has 0 bridgehead atoms. The fraction of sp³-hybridized carbons (Fsp3) is 0.292. The first-order chi connectivity index (χ1) is 14.6. The third-order valence-electron chi connectivity index (χ3n) is 5.88. The summed E-state index contributed by atoms with van der Waals surface area (Å²) < 4.78 is 0. The van der Waals surface area contributed by atoms with Gasteiger partial charge in [0.25, 0.3) is 5.56 Å². The molecule has 0 fully saturated rings. The van der Waals surface area contributed by atoms with Gasteiger partial charge in [0.15, 0.2) is 0 Å². The van der Waals surface area contributed by atoms with E-state index in [1.54, 1.807) is 11.3 Å². The molecule has 2 N–H and O–H groups in total. The number of rotatable bonds is 5. The number of aryl methyl sites for hydroxylation is 3. The average molecular weight is 418 g/mol. The summed E-state index contributed by atoms with van der Waals surface area (Å²) in [5.41, 5.74) is 2.21. The molecule has 0 spiro atoms. The lowest BCUT2D eigenvalue weighted by Gasteiger charge is -2.16. The molecule has 1 amide bonds. The van der Waals surface area contributed by atoms with Crippen LogP contribution in [0.25, 0.3) is 21.0 Å². The molecule has 0 saturated heterocycles. The molecule has 0 unspecified atom stereocenters. The summed E-state index contributed by atoms with van der Waals surface area (Å²) in [6.07, 6.45) is 3.83. The van der Waals surface area contributed by atoms with Crippen LogP contribution in [-0.2, 0) is 24.1 Å². The second-order valence-corrected chi connectivity index (χ2v) is 8.99. The van der Waals surface area contributed by atoms with E-state index in [2.05, 4.69) is 39.6 Å². The lowest BCUT2D eigenvalue weighted by Crippen LogP contribution is -2.27. The van der Waals surface area contributed by atoms with Crippen molar-refractivity contribution in [3.8, 4) is 0 Å². The van der Waals surface area contributed by atoms with Crippen LogP contribution >= 0.6 is 11.3 Å². The molecule has 0 saturated carbocycles. The lowest BCUT2D eigenvalue weighted by molar-refractivity contribution is -0.121. The summed E-state index contributed by atoms with van der Waals surface area (Å²) in [6, 6.07) is 14.2. The minimum atomic E-state index is -0.0987. The lowest BCUT2D eigenvalue weighted by atomic mass is 9.99. The van der Waals surface area contributed by atoms with Crippen LogP contribution in [0.3, 0.4) is 0 Å². The highest BCUT2D eigenvalue weighted by atomic mass is 32.1. The molecule has 2 aromatic heterocycles. The van der Waals surface area contributed by atoms with Crippen LogP contribution in [0, 0.1) is 0 Å². The largest absolute Gasteiger partial charge is 0.350 e. The Balaban J connectivity index is 1.29. The summed E-state index contributed by atoms with van der Waals surface area (Å²) in [4.78, 5) is 34.8. The Kier molecular flexibility index (Phi) is 4.87. The van der Waals surface area contributed by atoms with E-state index in [1.165, 1.54) is 10.4 Å². The van der Waals surface area contributed by atoms with Gasteiger partial charge in [0.2, 0.25) is 5.91 Å². The average Bonchev–Trinajstić information content (AvgIpc) is 3.32. The first-order valence-corrected chi connectivity index (χ1v) is 11.2. The maximum absolute atomic E-state index is 12.6. The van der Waals surface area contributed by atoms with Crippen molar-refractivity contribution in [3.63, 3.8) is 0 Å². The zero-order valence-corrected chi connectivity index (χ0v) is 17.6. The topological polar surface area (TPSA) is 74.8 Å². The first-order valence-electron chi connectivity index (χ1n) is 10.4. The molecule has 2 aromatic carbocycles. The van der Waals surface area contributed by atoms with Crippen molar-refractivity contribution in [2.75, 3.05) is 0 Å². The minimum absolute atomic E-state index is 0.0492. The number of carbonyl (C=O) groups excluding carboxylic acids is 1. The van der Waals surface area contributed by atoms with Crippen LogP contribution in [0.15, 0.2) is 47.3 Å². The molecular formula is C24H23N3O2S. The molecule has 6 heteroatoms. The van der Waals surface area contributed by atoms with E-state index in [1.807, 2.05) is 25.1 Å². The maximum atomic E-state index is 12.6. The zero-order chi connectivity index (χ0) is 20.7. The predicted molar refractivity (Wildman–Crippen MR) is 121 cm³/mol. The molecule has 0 radical (unpaired) electrons. The van der Waals surface area contributed by atoms with Gasteiger partial charge in [-0.15, -0.1) is 11.3 Å². The molecule has 30 heavy (non-hydrogen) atoms. The fourth-order valence-electron chi connectivity index (χ4n) is 4.42. The number of fused-ring (bicyclic) bond motifs is 4. The van der Waals surface area contributed by atoms with Gasteiger partial charge in [0.05, 0.1) is 11.4 Å². The maximum Gasteiger partial charge on any atom is 0.259 e. The molecule has 1 aliphatic rings. The van der Waals surface area contributed by atoms with Crippen LogP contribution in [0.1, 0.15) is 47.6 Å². The number of nitrogens with zero attached hydrogens (tertiary/aromatic N) is 1. The van der Waals surface area contributed by atoms with Crippen molar-refractivity contribution < 1.29 is 4.79 Å². The van der Waals surface area contributed by atoms with Crippen molar-refractivity contribution >= 4 is 38.2 Å². The standard InChI is InChI=1S/C24H23N3O2S/c1-14(16-9-4-7-15-6-2-3-8-17(15)16)25-21(28)13-12-20-26-23(29)22-18-10-5-11-19(18)30-24(22)27-20/h2-4,6-9,14H,5,10-13H2,1H3,(H,25,28)(H,26,27,29)/t14-/m1/s1. The number of benzene rings is 2. The Morgan fingerprint density at radius 1 is 1.20 bits per heavy atom. The highest BCUT2D eigenvalue weighted by molar-refractivity contribution is 7.18. The number of hydrogen-bond donors (Lipinski definition) is 2. The highest BCUT2D eigenvalue weighted by Crippen LogP contribution is 2.34. The van der Waals surface area contributed by atoms with E-state index in [9.17, 15) is 9.59 Å². The summed E-state index contributed by atoms with van der Waals surface area (Å²) in [5.74, 6) is 0.534. The molecule has 5 nitrogen and oxygen atoms in total. The monoisotopic (exact) mass is 417 g/mol. The normalized spacial score (nSPS) is 14.2. The molecule has 1 aliphatic carbocycles. The van der Waals surface area contributed by atoms with Crippen molar-refractivity contribution in [2.24, 2.45) is 0 Å². The Morgan fingerprint density at radius 3 is 2.93 bits per heavy atom. The fourth-order valence-corrected chi connectivity index (χ4v) is 5.70. The third-order valence-corrected chi connectivity index (χ3v) is 7.07. The summed E-state index contributed by atoms with van der Waals surface area (Å²) >= 11 is 1.63. The van der Waals surface area contributed by atoms with E-state index in [0.29, 0.717) is 12.2 Å². The number of carbonyl (C=O) groups is 1. The van der Waals surface area contributed by atoms with Crippen LogP contribution < -0.4 is 10.9 Å². The van der Waals surface area contributed by atoms with Gasteiger partial charge in [0.1, 0.15) is 10.7 Å². The van der Waals surface area contributed by atoms with E-state index in [-0.39, 0.29) is 23.9 Å². The number of aromatic amines is 1. The van der Waals surface area contributed by atoms with Crippen LogP contribution in [0.2, 0.25) is 0 Å². The van der Waals surface area contributed by atoms with E-state index in [0.717, 1.165) is 45.8 Å². The van der Waals surface area contributed by atoms with E-state index >= 15 is 0 Å². The molecule has 1 atom stereocenters. The molecule has 4 aromatic rings. The number of hydrogen-bond acceptors (Lipinski definition) is 4. The first kappa shape index (κ1) is 19.0. The van der Waals surface area contributed by atoms with Gasteiger partial charge in [-0.25, -0.2) is 4.98 Å². The van der Waals surface area contributed by atoms with E-state index < -0.39 is 0 Å². The van der Waals surface area contributed by atoms with Crippen molar-refractivity contribution in [3.05, 3.63) is 74.6 Å². The Morgan fingerprint density at radius 2 is 2.03 bits per heavy atom. The summed E-state index contributed by atoms with van der Waals surface area (Å²) in [6.45, 7) is 2.00. The van der Waals surface area contributed by atoms with Crippen molar-refractivity contribution in [1.82, 2.24) is 15.3 Å². The van der Waals surface area contributed by atoms with Gasteiger partial charge in [-0.2, -0.15) is 0 Å². The zero-order valence-electron chi connectivity index (χ0n) is 16.8. The van der Waals surface area contributed by atoms with Gasteiger partial charge in [0, 0.05) is 17.7 Å². The number of thiophene rings is 1. The van der Waals surface area contributed by atoms with Gasteiger partial charge >= 0.3 is 0 Å². The molecule has 2 heterocycles. The number of nitrogens with one attached hydrogen (secondary N) is 2. The third kappa shape index (κ3) is 3.41. The summed E-state index contributed by atoms with van der Waals surface area (Å²) in [5, 5.41) is 6.15. The minimum Gasteiger partial charge on any atom is -0.350 e. The predicted octanol–water partition coefficient (Wildman–Crippen LogP) is 4.44. The number of H-pyrrole nitrogens is 1. The SMILES string of the molecule is C[C@@H](NC(=O)CCc1nc2sc3c(c2c(=O)[nH]1)CCC3)c1cccc2ccccc12. The smallest absolute Gasteiger partial charge is 0.259 e. The molecule has 5 rings (SSSR count). The molecule has 0 aliphatic heterocycles. The summed E-state index contributed by atoms with van der Waals surface area (Å²) in [7, 11) is 0. The number of aromatic nitrogens is 2. The molecular weight excluding hydrogens is 394 g/mol. The quantitative estimate of drug-likeness (QED) is 0.504. The van der Waals surface area contributed by atoms with Gasteiger partial charge in [-0.1, -0.05) is 42.5 Å². The second-order valence-electron chi connectivity index (χ2n) is 7.91. The van der Waals surface area contributed by atoms with Gasteiger partial charge in [-0.05, 0) is 48.1 Å². The number of amides is 1. The van der Waals surface area contributed by atoms with Crippen molar-refractivity contribution in [2.45, 2.75) is 45.1 Å². The van der Waals surface area contributed by atoms with Gasteiger partial charge < -0.3 is 10.3 Å². The Labute approximate surface area is 178 Å². The van der Waals surface area contributed by atoms with Crippen LogP contribution in [0.5, 0.6) is 0 Å². The van der Waals surface area contributed by atoms with Gasteiger partial charge in [-0.3, -0.25) is 9.59 Å². The Hall–Kier alpha value is -2.99. The van der Waals surface area contributed by atoms with Crippen LogP contribution in [-0.4, -0.2) is 15.9 Å². The Bertz CT molecular complexity index is 1320. The second kappa shape index (κ2) is 7.69. The molecule has 152 valence electrons. The van der Waals surface area contributed by atoms with E-state index in [4.69, 9.17) is 0 Å².